The predicted molar refractivity (Wildman–Crippen MR) is 62.7 cm³/mol. The van der Waals surface area contributed by atoms with Crippen molar-refractivity contribution in [2.75, 3.05) is 0 Å². The molecular formula is C13H13B. The number of hydrogen-bond acceptors (Lipinski definition) is 0. The van der Waals surface area contributed by atoms with Gasteiger partial charge in [-0.3, -0.25) is 0 Å². The van der Waals surface area contributed by atoms with Crippen molar-refractivity contribution >= 4 is 6.91 Å². The average Bonchev–Trinajstić information content (AvgIpc) is 2.20. The average molecular weight is 180 g/mol. The van der Waals surface area contributed by atoms with E-state index in [9.17, 15) is 0 Å². The van der Waals surface area contributed by atoms with Crippen molar-refractivity contribution in [2.45, 2.75) is 13.8 Å². The molecule has 14 heavy (non-hydrogen) atoms. The fourth-order valence-electron chi connectivity index (χ4n) is 1.75. The van der Waals surface area contributed by atoms with Crippen LogP contribution in [0.15, 0.2) is 42.4 Å². The molecule has 0 unspecified atom stereocenters. The van der Waals surface area contributed by atoms with Crippen molar-refractivity contribution in [2.24, 2.45) is 0 Å². The number of hydrogen-bond donors (Lipinski definition) is 0. The van der Waals surface area contributed by atoms with Crippen molar-refractivity contribution in [3.63, 3.8) is 0 Å². The van der Waals surface area contributed by atoms with E-state index < -0.39 is 0 Å². The van der Waals surface area contributed by atoms with Gasteiger partial charge in [0.2, 0.25) is 0 Å². The van der Waals surface area contributed by atoms with E-state index in [4.69, 9.17) is 0 Å². The van der Waals surface area contributed by atoms with Gasteiger partial charge in [0.1, 0.15) is 0 Å². The van der Waals surface area contributed by atoms with E-state index in [1.807, 2.05) is 0 Å². The van der Waals surface area contributed by atoms with Gasteiger partial charge in [-0.1, -0.05) is 0 Å². The normalized spacial score (nSPS) is 9.86. The van der Waals surface area contributed by atoms with Crippen LogP contribution in [-0.2, 0) is 0 Å². The van der Waals surface area contributed by atoms with Crippen LogP contribution in [-0.4, -0.2) is 6.91 Å². The Morgan fingerprint density at radius 2 is 1.57 bits per heavy atom. The maximum atomic E-state index is 2.18. The molecule has 2 rings (SSSR count). The molecule has 0 saturated carbocycles. The first kappa shape index (κ1) is 9.20. The molecule has 0 fully saturated rings. The third-order valence-corrected chi connectivity index (χ3v) is 2.58. The molecule has 1 heterocycles. The van der Waals surface area contributed by atoms with Crippen LogP contribution in [0.1, 0.15) is 11.0 Å². The minimum atomic E-state index is 1.34. The van der Waals surface area contributed by atoms with Gasteiger partial charge in [-0.05, 0) is 0 Å². The summed E-state index contributed by atoms with van der Waals surface area (Å²) in [6, 6.07) is 12.8. The van der Waals surface area contributed by atoms with Crippen LogP contribution in [0.25, 0.3) is 11.1 Å². The van der Waals surface area contributed by atoms with E-state index in [1.165, 1.54) is 22.1 Å². The molecule has 0 amide bonds. The third kappa shape index (κ3) is 1.63. The molecule has 0 aliphatic carbocycles. The molecule has 0 spiro atoms. The minimum absolute atomic E-state index is 1.34. The second-order valence-corrected chi connectivity index (χ2v) is 3.63. The van der Waals surface area contributed by atoms with Crippen LogP contribution in [0.5, 0.6) is 0 Å². The van der Waals surface area contributed by atoms with Gasteiger partial charge < -0.3 is 0 Å². The first-order valence-corrected chi connectivity index (χ1v) is 4.90. The van der Waals surface area contributed by atoms with Gasteiger partial charge in [0, 0.05) is 0 Å². The van der Waals surface area contributed by atoms with E-state index in [2.05, 4.69) is 63.1 Å². The van der Waals surface area contributed by atoms with Crippen LogP contribution < -0.4 is 0 Å². The van der Waals surface area contributed by atoms with Gasteiger partial charge in [0.15, 0.2) is 0 Å². The van der Waals surface area contributed by atoms with E-state index in [1.54, 1.807) is 0 Å². The van der Waals surface area contributed by atoms with Crippen LogP contribution in [0.4, 0.5) is 0 Å². The molecule has 1 aromatic heterocycles. The second kappa shape index (κ2) is 3.79. The molecule has 0 radical (unpaired) electrons. The summed E-state index contributed by atoms with van der Waals surface area (Å²) in [6.45, 7) is 6.46. The maximum absolute atomic E-state index is 2.18. The van der Waals surface area contributed by atoms with E-state index in [-0.39, 0.29) is 0 Å². The summed E-state index contributed by atoms with van der Waals surface area (Å²) >= 11 is 0. The van der Waals surface area contributed by atoms with Crippen molar-refractivity contribution in [3.05, 3.63) is 53.4 Å². The molecule has 0 atom stereocenters. The van der Waals surface area contributed by atoms with E-state index in [0.29, 0.717) is 0 Å². The van der Waals surface area contributed by atoms with Gasteiger partial charge in [0.25, 0.3) is 0 Å². The van der Waals surface area contributed by atoms with Crippen LogP contribution >= 0.6 is 0 Å². The Bertz CT molecular complexity index is 403. The third-order valence-electron chi connectivity index (χ3n) is 2.58. The van der Waals surface area contributed by atoms with Crippen molar-refractivity contribution in [1.29, 1.82) is 0 Å². The zero-order chi connectivity index (χ0) is 9.97. The van der Waals surface area contributed by atoms with Gasteiger partial charge in [0.05, 0.1) is 0 Å². The van der Waals surface area contributed by atoms with Gasteiger partial charge in [-0.15, -0.1) is 0 Å². The summed E-state index contributed by atoms with van der Waals surface area (Å²) in [5.41, 5.74) is 5.35. The van der Waals surface area contributed by atoms with Crippen molar-refractivity contribution < 1.29 is 0 Å². The second-order valence-electron chi connectivity index (χ2n) is 3.63. The summed E-state index contributed by atoms with van der Waals surface area (Å²) in [5.74, 6) is 2.08. The SMILES string of the molecule is Cc1bcccc1-c1ccccc1C. The fraction of sp³-hybridized carbons (Fsp3) is 0.154. The summed E-state index contributed by atoms with van der Waals surface area (Å²) in [4.78, 5) is 0. The molecule has 2 aromatic rings. The summed E-state index contributed by atoms with van der Waals surface area (Å²) in [7, 11) is 0. The summed E-state index contributed by atoms with van der Waals surface area (Å²) in [6.07, 6.45) is 0. The topological polar surface area (TPSA) is 0 Å². The summed E-state index contributed by atoms with van der Waals surface area (Å²) < 4.78 is 0. The number of rotatable bonds is 1. The quantitative estimate of drug-likeness (QED) is 0.631. The van der Waals surface area contributed by atoms with Crippen LogP contribution in [0, 0.1) is 13.8 Å². The Morgan fingerprint density at radius 1 is 0.857 bits per heavy atom. The molecule has 0 nitrogen and oxygen atoms in total. The molecule has 0 N–H and O–H groups in total. The molecule has 1 aromatic carbocycles. The van der Waals surface area contributed by atoms with Gasteiger partial charge in [-0.2, -0.15) is 0 Å². The van der Waals surface area contributed by atoms with Crippen LogP contribution in [0.3, 0.4) is 0 Å². The monoisotopic (exact) mass is 180 g/mol. The summed E-state index contributed by atoms with van der Waals surface area (Å²) in [5, 5.41) is 0. The van der Waals surface area contributed by atoms with Crippen molar-refractivity contribution in [3.8, 4) is 11.1 Å². The first-order valence-electron chi connectivity index (χ1n) is 4.90. The zero-order valence-electron chi connectivity index (χ0n) is 8.62. The Kier molecular flexibility index (Phi) is 2.49. The van der Waals surface area contributed by atoms with Gasteiger partial charge in [-0.25, -0.2) is 0 Å². The molecule has 0 bridgehead atoms. The number of aryl methyl sites for hydroxylation is 2. The molecule has 1 heteroatoms. The predicted octanol–water partition coefficient (Wildman–Crippen LogP) is 3.31. The Labute approximate surface area is 85.8 Å². The zero-order valence-corrected chi connectivity index (χ0v) is 8.62. The fourth-order valence-corrected chi connectivity index (χ4v) is 1.75. The van der Waals surface area contributed by atoms with E-state index in [0.717, 1.165) is 0 Å². The number of benzene rings is 1. The Balaban J connectivity index is 2.61. The molecule has 0 aliphatic rings. The van der Waals surface area contributed by atoms with Crippen LogP contribution in [0.2, 0.25) is 0 Å². The standard InChI is InChI=1S/C13H13B/c1-10-6-3-4-7-12(10)13-8-5-9-14-11(13)2/h3-9H,1-2H3. The van der Waals surface area contributed by atoms with Gasteiger partial charge >= 0.3 is 85.3 Å². The molecule has 68 valence electrons. The molecule has 0 aliphatic heterocycles. The van der Waals surface area contributed by atoms with Crippen molar-refractivity contribution in [1.82, 2.24) is 0 Å². The Hall–Kier alpha value is -1.37. The Morgan fingerprint density at radius 3 is 2.29 bits per heavy atom. The first-order chi connectivity index (χ1) is 6.79. The molecular weight excluding hydrogens is 167 g/mol. The molecule has 0 saturated heterocycles. The van der Waals surface area contributed by atoms with E-state index >= 15 is 0 Å².